The van der Waals surface area contributed by atoms with E-state index >= 15 is 0 Å². The summed E-state index contributed by atoms with van der Waals surface area (Å²) in [6, 6.07) is 9.09. The van der Waals surface area contributed by atoms with Crippen molar-refractivity contribution in [1.82, 2.24) is 0 Å². The first kappa shape index (κ1) is 17.3. The maximum Gasteiger partial charge on any atom is 0.345 e. The van der Waals surface area contributed by atoms with Gasteiger partial charge >= 0.3 is 11.9 Å². The van der Waals surface area contributed by atoms with Crippen LogP contribution in [0.15, 0.2) is 40.9 Å². The number of halogens is 2. The van der Waals surface area contributed by atoms with Crippen molar-refractivity contribution >= 4 is 39.5 Å². The third-order valence-electron chi connectivity index (χ3n) is 2.84. The van der Waals surface area contributed by atoms with Gasteiger partial charge in [-0.25, -0.2) is 9.59 Å². The van der Waals surface area contributed by atoms with E-state index in [4.69, 9.17) is 26.2 Å². The molecule has 2 rings (SSSR count). The van der Waals surface area contributed by atoms with E-state index in [1.54, 1.807) is 25.1 Å². The van der Waals surface area contributed by atoms with E-state index in [1.807, 2.05) is 0 Å². The molecule has 0 saturated heterocycles. The first-order valence-corrected chi connectivity index (χ1v) is 7.77. The van der Waals surface area contributed by atoms with E-state index in [9.17, 15) is 9.59 Å². The van der Waals surface area contributed by atoms with Crippen molar-refractivity contribution < 1.29 is 24.2 Å². The number of aromatic carboxylic acids is 1. The number of benzene rings is 2. The molecule has 0 spiro atoms. The lowest BCUT2D eigenvalue weighted by Crippen LogP contribution is -2.11. The van der Waals surface area contributed by atoms with Gasteiger partial charge in [-0.1, -0.05) is 23.7 Å². The van der Waals surface area contributed by atoms with Gasteiger partial charge in [0, 0.05) is 0 Å². The molecule has 0 amide bonds. The first-order valence-electron chi connectivity index (χ1n) is 6.60. The molecule has 0 aliphatic heterocycles. The fourth-order valence-electron chi connectivity index (χ4n) is 1.83. The zero-order valence-electron chi connectivity index (χ0n) is 12.0. The third-order valence-corrected chi connectivity index (χ3v) is 3.76. The Balaban J connectivity index is 2.40. The molecule has 0 fully saturated rings. The van der Waals surface area contributed by atoms with Gasteiger partial charge in [0.25, 0.3) is 0 Å². The van der Waals surface area contributed by atoms with Gasteiger partial charge < -0.3 is 14.6 Å². The summed E-state index contributed by atoms with van der Waals surface area (Å²) in [7, 11) is 0. The second kappa shape index (κ2) is 7.48. The van der Waals surface area contributed by atoms with E-state index < -0.39 is 11.9 Å². The number of carbonyl (C=O) groups is 2. The van der Waals surface area contributed by atoms with Gasteiger partial charge in [-0.05, 0) is 47.1 Å². The molecular formula is C16H12BrClO5. The number of carboxylic acids is 1. The fraction of sp³-hybridized carbons (Fsp3) is 0.125. The summed E-state index contributed by atoms with van der Waals surface area (Å²) in [5.41, 5.74) is 0.212. The minimum Gasteiger partial charge on any atom is -0.490 e. The Morgan fingerprint density at radius 1 is 1.26 bits per heavy atom. The lowest BCUT2D eigenvalue weighted by atomic mass is 10.2. The van der Waals surface area contributed by atoms with E-state index in [1.165, 1.54) is 18.2 Å². The van der Waals surface area contributed by atoms with E-state index in [0.717, 1.165) is 0 Å². The Morgan fingerprint density at radius 3 is 2.57 bits per heavy atom. The lowest BCUT2D eigenvalue weighted by Gasteiger charge is -2.13. The topological polar surface area (TPSA) is 72.8 Å². The van der Waals surface area contributed by atoms with Crippen LogP contribution in [0.5, 0.6) is 11.5 Å². The zero-order chi connectivity index (χ0) is 17.0. The highest BCUT2D eigenvalue weighted by molar-refractivity contribution is 9.10. The summed E-state index contributed by atoms with van der Waals surface area (Å²) >= 11 is 9.17. The molecule has 0 saturated carbocycles. The van der Waals surface area contributed by atoms with Crippen LogP contribution in [0.3, 0.4) is 0 Å². The number of hydrogen-bond acceptors (Lipinski definition) is 4. The molecule has 0 radical (unpaired) electrons. The maximum atomic E-state index is 12.3. The van der Waals surface area contributed by atoms with Crippen molar-refractivity contribution in [3.8, 4) is 11.5 Å². The standard InChI is InChI=1S/C16H12BrClO5/c1-2-22-13-8-9(15(19)20)7-11(17)14(13)23-16(21)10-5-3-4-6-12(10)18/h3-8H,2H2,1H3,(H,19,20). The van der Waals surface area contributed by atoms with Crippen molar-refractivity contribution in [3.63, 3.8) is 0 Å². The molecule has 0 aliphatic carbocycles. The predicted molar refractivity (Wildman–Crippen MR) is 88.7 cm³/mol. The normalized spacial score (nSPS) is 10.2. The van der Waals surface area contributed by atoms with Crippen LogP contribution in [0.2, 0.25) is 5.02 Å². The lowest BCUT2D eigenvalue weighted by molar-refractivity contribution is 0.0696. The Bertz CT molecular complexity index is 760. The highest BCUT2D eigenvalue weighted by Gasteiger charge is 2.20. The molecule has 0 bridgehead atoms. The number of esters is 1. The Kier molecular flexibility index (Phi) is 5.63. The summed E-state index contributed by atoms with van der Waals surface area (Å²) in [5, 5.41) is 9.35. The molecule has 7 heteroatoms. The molecule has 5 nitrogen and oxygen atoms in total. The Hall–Kier alpha value is -2.05. The average Bonchev–Trinajstić information content (AvgIpc) is 2.50. The number of rotatable bonds is 5. The average molecular weight is 400 g/mol. The van der Waals surface area contributed by atoms with Crippen molar-refractivity contribution in [1.29, 1.82) is 0 Å². The Labute approximate surface area is 145 Å². The van der Waals surface area contributed by atoms with E-state index in [0.29, 0.717) is 4.47 Å². The Morgan fingerprint density at radius 2 is 1.96 bits per heavy atom. The number of ether oxygens (including phenoxy) is 2. The molecule has 120 valence electrons. The molecule has 0 atom stereocenters. The second-order valence-corrected chi connectivity index (χ2v) is 5.65. The van der Waals surface area contributed by atoms with Crippen molar-refractivity contribution in [2.24, 2.45) is 0 Å². The van der Waals surface area contributed by atoms with Gasteiger partial charge in [0.15, 0.2) is 11.5 Å². The third kappa shape index (κ3) is 4.03. The summed E-state index contributed by atoms with van der Waals surface area (Å²) in [6.07, 6.45) is 0. The highest BCUT2D eigenvalue weighted by Crippen LogP contribution is 2.37. The van der Waals surface area contributed by atoms with Crippen LogP contribution in [0.25, 0.3) is 0 Å². The summed E-state index contributed by atoms with van der Waals surface area (Å²) in [6.45, 7) is 2.02. The van der Waals surface area contributed by atoms with Crippen LogP contribution in [0.1, 0.15) is 27.6 Å². The number of carboxylic acid groups (broad SMARTS) is 1. The van der Waals surface area contributed by atoms with Crippen molar-refractivity contribution in [2.45, 2.75) is 6.92 Å². The van der Waals surface area contributed by atoms with E-state index in [-0.39, 0.29) is 34.3 Å². The van der Waals surface area contributed by atoms with Crippen molar-refractivity contribution in [2.75, 3.05) is 6.61 Å². The largest absolute Gasteiger partial charge is 0.490 e. The molecule has 0 aromatic heterocycles. The molecule has 1 N–H and O–H groups in total. The van der Waals surface area contributed by atoms with Crippen LogP contribution in [0, 0.1) is 0 Å². The predicted octanol–water partition coefficient (Wildman–Crippen LogP) is 4.42. The molecule has 23 heavy (non-hydrogen) atoms. The van der Waals surface area contributed by atoms with Crippen LogP contribution in [0.4, 0.5) is 0 Å². The molecule has 0 unspecified atom stereocenters. The van der Waals surface area contributed by atoms with Gasteiger partial charge in [-0.3, -0.25) is 0 Å². The molecule has 0 heterocycles. The monoisotopic (exact) mass is 398 g/mol. The number of carbonyl (C=O) groups excluding carboxylic acids is 1. The van der Waals surface area contributed by atoms with Gasteiger partial charge in [-0.15, -0.1) is 0 Å². The summed E-state index contributed by atoms with van der Waals surface area (Å²) < 4.78 is 11.0. The van der Waals surface area contributed by atoms with Crippen LogP contribution in [-0.2, 0) is 0 Å². The summed E-state index contributed by atoms with van der Waals surface area (Å²) in [4.78, 5) is 23.4. The van der Waals surface area contributed by atoms with Gasteiger partial charge in [0.1, 0.15) is 0 Å². The SMILES string of the molecule is CCOc1cc(C(=O)O)cc(Br)c1OC(=O)c1ccccc1Cl. The number of hydrogen-bond donors (Lipinski definition) is 1. The van der Waals surface area contributed by atoms with Gasteiger partial charge in [0.2, 0.25) is 0 Å². The molecule has 0 aliphatic rings. The minimum absolute atomic E-state index is 0.0119. The highest BCUT2D eigenvalue weighted by atomic mass is 79.9. The second-order valence-electron chi connectivity index (χ2n) is 4.39. The minimum atomic E-state index is -1.12. The quantitative estimate of drug-likeness (QED) is 0.595. The van der Waals surface area contributed by atoms with Crippen LogP contribution < -0.4 is 9.47 Å². The fourth-order valence-corrected chi connectivity index (χ4v) is 2.56. The first-order chi connectivity index (χ1) is 10.9. The van der Waals surface area contributed by atoms with Crippen molar-refractivity contribution in [3.05, 3.63) is 57.0 Å². The van der Waals surface area contributed by atoms with Crippen LogP contribution in [-0.4, -0.2) is 23.7 Å². The molecule has 2 aromatic carbocycles. The zero-order valence-corrected chi connectivity index (χ0v) is 14.3. The van der Waals surface area contributed by atoms with E-state index in [2.05, 4.69) is 15.9 Å². The molecular weight excluding hydrogens is 388 g/mol. The van der Waals surface area contributed by atoms with Crippen LogP contribution >= 0.6 is 27.5 Å². The molecule has 2 aromatic rings. The summed E-state index contributed by atoms with van der Waals surface area (Å²) in [5.74, 6) is -1.53. The smallest absolute Gasteiger partial charge is 0.345 e. The van der Waals surface area contributed by atoms with Gasteiger partial charge in [-0.2, -0.15) is 0 Å². The van der Waals surface area contributed by atoms with Gasteiger partial charge in [0.05, 0.1) is 27.2 Å². The maximum absolute atomic E-state index is 12.3.